The quantitative estimate of drug-likeness (QED) is 0.783. The molecule has 3 nitrogen and oxygen atoms in total. The Hall–Kier alpha value is -1.22. The van der Waals surface area contributed by atoms with Gasteiger partial charge < -0.3 is 4.74 Å². The molecule has 1 heterocycles. The first-order chi connectivity index (χ1) is 7.13. The molecule has 0 unspecified atom stereocenters. The molecule has 15 heavy (non-hydrogen) atoms. The molecule has 0 saturated heterocycles. The van der Waals surface area contributed by atoms with E-state index in [1.54, 1.807) is 7.11 Å². The van der Waals surface area contributed by atoms with Gasteiger partial charge in [0.05, 0.1) is 12.6 Å². The van der Waals surface area contributed by atoms with E-state index in [0.717, 1.165) is 16.7 Å². The Morgan fingerprint density at radius 3 is 2.73 bits per heavy atom. The van der Waals surface area contributed by atoms with Crippen LogP contribution in [0.4, 0.5) is 0 Å². The molecule has 1 aromatic heterocycles. The van der Waals surface area contributed by atoms with Gasteiger partial charge in [-0.2, -0.15) is 5.10 Å². The van der Waals surface area contributed by atoms with Crippen molar-refractivity contribution in [3.8, 4) is 5.75 Å². The average Bonchev–Trinajstić information content (AvgIpc) is 2.56. The molecule has 0 N–H and O–H groups in total. The second-order valence-corrected chi connectivity index (χ2v) is 4.07. The van der Waals surface area contributed by atoms with Crippen LogP contribution in [0.5, 0.6) is 5.75 Å². The van der Waals surface area contributed by atoms with E-state index in [4.69, 9.17) is 16.3 Å². The summed E-state index contributed by atoms with van der Waals surface area (Å²) < 4.78 is 7.09. The van der Waals surface area contributed by atoms with Crippen LogP contribution in [0.2, 0.25) is 5.15 Å². The van der Waals surface area contributed by atoms with Crippen molar-refractivity contribution in [1.29, 1.82) is 0 Å². The van der Waals surface area contributed by atoms with Crippen LogP contribution in [0.1, 0.15) is 19.9 Å². The minimum absolute atomic E-state index is 0.284. The van der Waals surface area contributed by atoms with E-state index in [9.17, 15) is 0 Å². The van der Waals surface area contributed by atoms with Crippen molar-refractivity contribution in [3.05, 3.63) is 23.4 Å². The number of fused-ring (bicyclic) bond motifs is 1. The van der Waals surface area contributed by atoms with Crippen molar-refractivity contribution in [2.24, 2.45) is 0 Å². The van der Waals surface area contributed by atoms with Crippen molar-refractivity contribution >= 4 is 22.5 Å². The predicted octanol–water partition coefficient (Wildman–Crippen LogP) is 3.28. The standard InChI is InChI=1S/C11H13ClN2O/c1-7(2)14-10-6-8(15-3)4-5-9(10)11(12)13-14/h4-7H,1-3H3. The second-order valence-electron chi connectivity index (χ2n) is 3.71. The largest absolute Gasteiger partial charge is 0.497 e. The van der Waals surface area contributed by atoms with Crippen molar-refractivity contribution in [1.82, 2.24) is 9.78 Å². The predicted molar refractivity (Wildman–Crippen MR) is 61.7 cm³/mol. The minimum Gasteiger partial charge on any atom is -0.497 e. The Kier molecular flexibility index (Phi) is 2.57. The molecule has 2 rings (SSSR count). The average molecular weight is 225 g/mol. The van der Waals surface area contributed by atoms with Gasteiger partial charge in [0.2, 0.25) is 0 Å². The van der Waals surface area contributed by atoms with Crippen LogP contribution < -0.4 is 4.74 Å². The highest BCUT2D eigenvalue weighted by molar-refractivity contribution is 6.34. The van der Waals surface area contributed by atoms with Crippen LogP contribution >= 0.6 is 11.6 Å². The monoisotopic (exact) mass is 224 g/mol. The van der Waals surface area contributed by atoms with Gasteiger partial charge in [0, 0.05) is 17.5 Å². The number of aromatic nitrogens is 2. The second kappa shape index (κ2) is 3.74. The highest BCUT2D eigenvalue weighted by Crippen LogP contribution is 2.28. The van der Waals surface area contributed by atoms with Gasteiger partial charge in [0.15, 0.2) is 5.15 Å². The van der Waals surface area contributed by atoms with Crippen molar-refractivity contribution in [3.63, 3.8) is 0 Å². The third-order valence-electron chi connectivity index (χ3n) is 2.36. The van der Waals surface area contributed by atoms with Crippen LogP contribution in [0, 0.1) is 0 Å². The summed E-state index contributed by atoms with van der Waals surface area (Å²) in [6, 6.07) is 6.06. The van der Waals surface area contributed by atoms with Gasteiger partial charge in [0.25, 0.3) is 0 Å². The summed E-state index contributed by atoms with van der Waals surface area (Å²) in [5, 5.41) is 5.80. The molecule has 0 atom stereocenters. The lowest BCUT2D eigenvalue weighted by Gasteiger charge is -2.07. The van der Waals surface area contributed by atoms with Crippen LogP contribution in [-0.4, -0.2) is 16.9 Å². The third-order valence-corrected chi connectivity index (χ3v) is 2.64. The molecule has 4 heteroatoms. The lowest BCUT2D eigenvalue weighted by atomic mass is 10.2. The Bertz CT molecular complexity index is 491. The zero-order chi connectivity index (χ0) is 11.0. The van der Waals surface area contributed by atoms with E-state index in [0.29, 0.717) is 5.15 Å². The topological polar surface area (TPSA) is 27.1 Å². The Labute approximate surface area is 93.6 Å². The summed E-state index contributed by atoms with van der Waals surface area (Å²) in [6.07, 6.45) is 0. The van der Waals surface area contributed by atoms with Gasteiger partial charge in [0.1, 0.15) is 5.75 Å². The third kappa shape index (κ3) is 1.67. The van der Waals surface area contributed by atoms with Gasteiger partial charge in [-0.05, 0) is 26.0 Å². The van der Waals surface area contributed by atoms with Gasteiger partial charge in [-0.25, -0.2) is 0 Å². The summed E-state index contributed by atoms with van der Waals surface area (Å²) in [5.41, 5.74) is 1.01. The number of benzene rings is 1. The van der Waals surface area contributed by atoms with Gasteiger partial charge in [-0.15, -0.1) is 0 Å². The number of hydrogen-bond acceptors (Lipinski definition) is 2. The molecule has 1 aromatic carbocycles. The number of halogens is 1. The molecule has 80 valence electrons. The van der Waals surface area contributed by atoms with E-state index in [1.165, 1.54) is 0 Å². The lowest BCUT2D eigenvalue weighted by Crippen LogP contribution is -2.02. The number of rotatable bonds is 2. The first kappa shape index (κ1) is 10.3. The molecule has 0 aliphatic carbocycles. The lowest BCUT2D eigenvalue weighted by molar-refractivity contribution is 0.415. The first-order valence-electron chi connectivity index (χ1n) is 4.85. The summed E-state index contributed by atoms with van der Waals surface area (Å²) in [7, 11) is 1.65. The molecule has 0 fully saturated rings. The highest BCUT2D eigenvalue weighted by Gasteiger charge is 2.11. The fourth-order valence-corrected chi connectivity index (χ4v) is 1.84. The van der Waals surface area contributed by atoms with Gasteiger partial charge >= 0.3 is 0 Å². The van der Waals surface area contributed by atoms with Crippen LogP contribution in [-0.2, 0) is 0 Å². The zero-order valence-corrected chi connectivity index (χ0v) is 9.75. The number of methoxy groups -OCH3 is 1. The Morgan fingerprint density at radius 2 is 2.13 bits per heavy atom. The maximum Gasteiger partial charge on any atom is 0.158 e. The van der Waals surface area contributed by atoms with Crippen molar-refractivity contribution in [2.75, 3.05) is 7.11 Å². The number of nitrogens with zero attached hydrogens (tertiary/aromatic N) is 2. The molecule has 0 amide bonds. The summed E-state index contributed by atoms with van der Waals surface area (Å²) in [4.78, 5) is 0. The number of hydrogen-bond donors (Lipinski definition) is 0. The zero-order valence-electron chi connectivity index (χ0n) is 8.99. The minimum atomic E-state index is 0.284. The molecule has 2 aromatic rings. The SMILES string of the molecule is COc1ccc2c(Cl)nn(C(C)C)c2c1. The molecular formula is C11H13ClN2O. The Morgan fingerprint density at radius 1 is 1.40 bits per heavy atom. The fourth-order valence-electron chi connectivity index (χ4n) is 1.60. The van der Waals surface area contributed by atoms with Crippen LogP contribution in [0.15, 0.2) is 18.2 Å². The molecule has 0 bridgehead atoms. The van der Waals surface area contributed by atoms with E-state index in [-0.39, 0.29) is 6.04 Å². The smallest absolute Gasteiger partial charge is 0.158 e. The van der Waals surface area contributed by atoms with E-state index in [2.05, 4.69) is 18.9 Å². The number of ether oxygens (including phenoxy) is 1. The maximum absolute atomic E-state index is 6.04. The van der Waals surface area contributed by atoms with E-state index >= 15 is 0 Å². The fraction of sp³-hybridized carbons (Fsp3) is 0.364. The molecule has 0 radical (unpaired) electrons. The summed E-state index contributed by atoms with van der Waals surface area (Å²) in [6.45, 7) is 4.14. The van der Waals surface area contributed by atoms with Crippen LogP contribution in [0.25, 0.3) is 10.9 Å². The Balaban J connectivity index is 2.71. The van der Waals surface area contributed by atoms with Crippen molar-refractivity contribution in [2.45, 2.75) is 19.9 Å². The normalized spacial score (nSPS) is 11.3. The highest BCUT2D eigenvalue weighted by atomic mass is 35.5. The molecule has 0 aliphatic heterocycles. The summed E-state index contributed by atoms with van der Waals surface area (Å²) in [5.74, 6) is 0.820. The van der Waals surface area contributed by atoms with Gasteiger partial charge in [-0.3, -0.25) is 4.68 Å². The first-order valence-corrected chi connectivity index (χ1v) is 5.23. The van der Waals surface area contributed by atoms with Gasteiger partial charge in [-0.1, -0.05) is 11.6 Å². The molecule has 0 spiro atoms. The van der Waals surface area contributed by atoms with Crippen LogP contribution in [0.3, 0.4) is 0 Å². The van der Waals surface area contributed by atoms with Crippen molar-refractivity contribution < 1.29 is 4.74 Å². The maximum atomic E-state index is 6.04. The summed E-state index contributed by atoms with van der Waals surface area (Å²) >= 11 is 6.04. The molecular weight excluding hydrogens is 212 g/mol. The van der Waals surface area contributed by atoms with E-state index < -0.39 is 0 Å². The molecule has 0 aliphatic rings. The van der Waals surface area contributed by atoms with E-state index in [1.807, 2.05) is 22.9 Å². The molecule has 0 saturated carbocycles.